The highest BCUT2D eigenvalue weighted by Crippen LogP contribution is 2.58. The fraction of sp³-hybridized carbons (Fsp3) is 0.576. The van der Waals surface area contributed by atoms with Gasteiger partial charge in [-0.2, -0.15) is 0 Å². The number of carbonyl (C=O) groups excluding carboxylic acids is 1. The molecule has 74 heavy (non-hydrogen) atoms. The molecule has 4 aliphatic carbocycles. The maximum atomic E-state index is 18.4. The number of cyclic esters (lactones) is 1. The van der Waals surface area contributed by atoms with Gasteiger partial charge in [-0.15, -0.1) is 0 Å². The summed E-state index contributed by atoms with van der Waals surface area (Å²) < 4.78 is 99.8. The van der Waals surface area contributed by atoms with Crippen LogP contribution >= 0.6 is 0 Å². The average molecular weight is 1030 g/mol. The van der Waals surface area contributed by atoms with Gasteiger partial charge < -0.3 is 57.8 Å². The predicted molar refractivity (Wildman–Crippen MR) is 268 cm³/mol. The fourth-order valence-electron chi connectivity index (χ4n) is 13.8. The Labute approximate surface area is 433 Å². The zero-order chi connectivity index (χ0) is 51.2. The van der Waals surface area contributed by atoms with Crippen molar-refractivity contribution >= 4 is 5.97 Å². The number of fused-ring (bicyclic) bond motifs is 3. The van der Waals surface area contributed by atoms with Gasteiger partial charge in [0.15, 0.2) is 5.60 Å². The first-order chi connectivity index (χ1) is 36.1. The highest BCUT2D eigenvalue weighted by atomic mass is 19.3. The number of ether oxygens (including phenoxy) is 10. The van der Waals surface area contributed by atoms with E-state index < -0.39 is 66.6 Å². The third kappa shape index (κ3) is 11.3. The van der Waals surface area contributed by atoms with Gasteiger partial charge >= 0.3 is 5.97 Å². The molecule has 13 nitrogen and oxygen atoms in total. The number of hydrogen-bond donors (Lipinski definition) is 2. The smallest absolute Gasteiger partial charge is 0.309 e. The van der Waals surface area contributed by atoms with Crippen LogP contribution in [0.5, 0.6) is 0 Å². The first-order valence-corrected chi connectivity index (χ1v) is 26.5. The Hall–Kier alpha value is -4.23. The zero-order valence-electron chi connectivity index (χ0n) is 42.7. The van der Waals surface area contributed by atoms with Crippen LogP contribution in [-0.4, -0.2) is 125 Å². The van der Waals surface area contributed by atoms with Gasteiger partial charge in [-0.1, -0.05) is 121 Å². The Bertz CT molecular complexity index is 2360. The van der Waals surface area contributed by atoms with Gasteiger partial charge in [0, 0.05) is 39.2 Å². The molecule has 4 aromatic rings. The minimum Gasteiger partial charge on any atom is -0.465 e. The Morgan fingerprint density at radius 1 is 0.635 bits per heavy atom. The number of nitrogens with one attached hydrogen (secondary N) is 1. The maximum absolute atomic E-state index is 18.4. The van der Waals surface area contributed by atoms with Crippen molar-refractivity contribution in [3.8, 4) is 0 Å². The van der Waals surface area contributed by atoms with Crippen LogP contribution in [0.3, 0.4) is 0 Å². The average Bonchev–Trinajstić information content (AvgIpc) is 4.07. The number of benzene rings is 4. The lowest BCUT2D eigenvalue weighted by atomic mass is 9.51. The molecular weight excluding hydrogens is 953 g/mol. The Morgan fingerprint density at radius 3 is 1.69 bits per heavy atom. The van der Waals surface area contributed by atoms with Crippen LogP contribution in [0.15, 0.2) is 121 Å². The molecular formula is C59H73F2NO12. The molecule has 400 valence electrons. The number of esters is 1. The maximum Gasteiger partial charge on any atom is 0.309 e. The molecule has 4 saturated carbocycles. The summed E-state index contributed by atoms with van der Waals surface area (Å²) in [5, 5.41) is 16.8. The van der Waals surface area contributed by atoms with E-state index in [0.717, 1.165) is 22.3 Å². The van der Waals surface area contributed by atoms with Crippen LogP contribution in [-0.2, 0) is 78.6 Å². The number of aliphatic hydroxyl groups is 1. The summed E-state index contributed by atoms with van der Waals surface area (Å²) >= 11 is 0. The minimum absolute atomic E-state index is 0.0143. The van der Waals surface area contributed by atoms with Crippen LogP contribution in [0.2, 0.25) is 0 Å². The summed E-state index contributed by atoms with van der Waals surface area (Å²) in [5.74, 6) is -6.46. The van der Waals surface area contributed by atoms with Gasteiger partial charge in [0.2, 0.25) is 0 Å². The van der Waals surface area contributed by atoms with Crippen LogP contribution < -0.4 is 5.32 Å². The van der Waals surface area contributed by atoms with E-state index in [0.29, 0.717) is 25.7 Å². The molecule has 6 aliphatic rings. The van der Waals surface area contributed by atoms with Crippen molar-refractivity contribution in [3.05, 3.63) is 144 Å². The Balaban J connectivity index is 0.993. The molecule has 6 fully saturated rings. The van der Waals surface area contributed by atoms with Gasteiger partial charge in [0.1, 0.15) is 25.1 Å². The Kier molecular flexibility index (Phi) is 17.2. The molecule has 0 spiro atoms. The highest BCUT2D eigenvalue weighted by Gasteiger charge is 2.67. The summed E-state index contributed by atoms with van der Waals surface area (Å²) in [5.41, 5.74) is 0.536. The molecule has 2 heterocycles. The van der Waals surface area contributed by atoms with E-state index in [2.05, 4.69) is 5.32 Å². The van der Waals surface area contributed by atoms with Gasteiger partial charge in [-0.25, -0.2) is 8.78 Å². The minimum atomic E-state index is -3.85. The van der Waals surface area contributed by atoms with E-state index in [9.17, 15) is 9.90 Å². The molecule has 0 amide bonds. The molecule has 2 aliphatic heterocycles. The SMILES string of the molecule is COC1CC([C@@H]2C3CC4OCOC4CC3[C@@H](NCC(F)(F)[C@]3(O)C[C@H](COCc4ccccc4)[C@@H](OCc4ccccc4)[C@H](OCc4ccccc4)[C@H]3OCc3ccccc3)[C@H]3COC(=O)[C@H]23)CC(OC)C1OC. The van der Waals surface area contributed by atoms with Gasteiger partial charge in [0.25, 0.3) is 5.92 Å². The van der Waals surface area contributed by atoms with Crippen molar-refractivity contribution in [2.45, 2.75) is 125 Å². The monoisotopic (exact) mass is 1030 g/mol. The first kappa shape index (κ1) is 53.2. The molecule has 10 rings (SSSR count). The van der Waals surface area contributed by atoms with E-state index in [1.165, 1.54) is 0 Å². The largest absolute Gasteiger partial charge is 0.465 e. The second kappa shape index (κ2) is 24.0. The number of carbonyl (C=O) groups is 1. The number of hydrogen-bond acceptors (Lipinski definition) is 13. The summed E-state index contributed by atoms with van der Waals surface area (Å²) in [6.07, 6.45) is -2.93. The highest BCUT2D eigenvalue weighted by molar-refractivity contribution is 5.75. The van der Waals surface area contributed by atoms with Crippen molar-refractivity contribution in [3.63, 3.8) is 0 Å². The van der Waals surface area contributed by atoms with Crippen LogP contribution in [0, 0.1) is 41.4 Å². The number of rotatable bonds is 21. The molecule has 4 aromatic carbocycles. The quantitative estimate of drug-likeness (QED) is 0.0782. The zero-order valence-corrected chi connectivity index (χ0v) is 42.7. The van der Waals surface area contributed by atoms with E-state index in [1.54, 1.807) is 21.3 Å². The van der Waals surface area contributed by atoms with E-state index >= 15 is 8.78 Å². The third-order valence-electron chi connectivity index (χ3n) is 17.4. The number of halogens is 2. The van der Waals surface area contributed by atoms with Gasteiger partial charge in [-0.05, 0) is 78.0 Å². The summed E-state index contributed by atoms with van der Waals surface area (Å²) in [6, 6.07) is 37.6. The molecule has 6 unspecified atom stereocenters. The summed E-state index contributed by atoms with van der Waals surface area (Å²) in [4.78, 5) is 14.2. The molecule has 0 aromatic heterocycles. The van der Waals surface area contributed by atoms with Crippen molar-refractivity contribution in [1.29, 1.82) is 0 Å². The predicted octanol–water partition coefficient (Wildman–Crippen LogP) is 7.95. The summed E-state index contributed by atoms with van der Waals surface area (Å²) in [6.45, 7) is -0.367. The van der Waals surface area contributed by atoms with Crippen LogP contribution in [0.4, 0.5) is 8.78 Å². The van der Waals surface area contributed by atoms with E-state index in [1.807, 2.05) is 121 Å². The molecule has 15 atom stereocenters. The van der Waals surface area contributed by atoms with Gasteiger partial charge in [-0.3, -0.25) is 4.79 Å². The van der Waals surface area contributed by atoms with Crippen LogP contribution in [0.1, 0.15) is 54.4 Å². The molecule has 2 saturated heterocycles. The van der Waals surface area contributed by atoms with Crippen molar-refractivity contribution in [2.24, 2.45) is 41.4 Å². The lowest BCUT2D eigenvalue weighted by molar-refractivity contribution is -0.310. The van der Waals surface area contributed by atoms with Crippen molar-refractivity contribution in [2.75, 3.05) is 47.9 Å². The van der Waals surface area contributed by atoms with E-state index in [4.69, 9.17) is 47.4 Å². The van der Waals surface area contributed by atoms with Crippen molar-refractivity contribution < 1.29 is 66.1 Å². The first-order valence-electron chi connectivity index (χ1n) is 26.5. The van der Waals surface area contributed by atoms with E-state index in [-0.39, 0.29) is 107 Å². The molecule has 15 heteroatoms. The molecule has 0 bridgehead atoms. The normalized spacial score (nSPS) is 35.9. The lowest BCUT2D eigenvalue weighted by Crippen LogP contribution is -2.72. The lowest BCUT2D eigenvalue weighted by Gasteiger charge is -2.56. The third-order valence-corrected chi connectivity index (χ3v) is 17.4. The number of alkyl halides is 2. The number of methoxy groups -OCH3 is 3. The second-order valence-corrected chi connectivity index (χ2v) is 21.4. The molecule has 0 radical (unpaired) electrons. The van der Waals surface area contributed by atoms with Gasteiger partial charge in [0.05, 0.1) is 82.6 Å². The standard InChI is InChI=1S/C59H73F2NO12/c1-65-48-24-41(25-49(66-2)54(48)67-3)50-43-26-46-47(74-36-73-46)27-44(43)52(45-34-72-57(63)51(45)50)62-35-59(60,61)58(64)28-42(33-68-29-37-16-8-4-9-17-37)53(69-30-38-18-10-5-11-19-38)55(70-31-39-20-12-6-13-21-39)56(58)71-32-40-22-14-7-15-23-40/h4-23,41-56,62,64H,24-36H2,1-3H3/t41?,42-,43?,44?,45+,46?,47?,48?,49?,50-,51+,52-,53-,54?,55+,56-,58+/m1/s1. The fourth-order valence-corrected chi connectivity index (χ4v) is 13.8. The summed E-state index contributed by atoms with van der Waals surface area (Å²) in [7, 11) is 5.00. The Morgan fingerprint density at radius 2 is 1.15 bits per heavy atom. The van der Waals surface area contributed by atoms with Crippen molar-refractivity contribution in [1.82, 2.24) is 5.32 Å². The second-order valence-electron chi connectivity index (χ2n) is 21.4. The molecule has 2 N–H and O–H groups in total. The van der Waals surface area contributed by atoms with Crippen LogP contribution in [0.25, 0.3) is 0 Å². The topological polar surface area (TPSA) is 142 Å².